The predicted molar refractivity (Wildman–Crippen MR) is 94.6 cm³/mol. The molecule has 3 aromatic heterocycles. The van der Waals surface area contributed by atoms with E-state index in [4.69, 9.17) is 10.5 Å². The number of aromatic amines is 1. The number of hydrogen-bond donors (Lipinski definition) is 3. The molecule has 0 fully saturated rings. The fraction of sp³-hybridized carbons (Fsp3) is 0.353. The van der Waals surface area contributed by atoms with Gasteiger partial charge in [-0.25, -0.2) is 9.78 Å². The van der Waals surface area contributed by atoms with Crippen LogP contribution in [0.15, 0.2) is 29.2 Å². The Morgan fingerprint density at radius 2 is 2.36 bits per heavy atom. The zero-order valence-electron chi connectivity index (χ0n) is 14.0. The minimum atomic E-state index is -0.507. The Hall–Kier alpha value is -2.87. The van der Waals surface area contributed by atoms with Gasteiger partial charge in [0.05, 0.1) is 11.6 Å². The Morgan fingerprint density at radius 1 is 1.48 bits per heavy atom. The van der Waals surface area contributed by atoms with Gasteiger partial charge in [0.25, 0.3) is 0 Å². The summed E-state index contributed by atoms with van der Waals surface area (Å²) in [5.74, 6) is 0.563. The highest BCUT2D eigenvalue weighted by molar-refractivity contribution is 5.78. The van der Waals surface area contributed by atoms with E-state index in [1.54, 1.807) is 6.20 Å². The van der Waals surface area contributed by atoms with Crippen LogP contribution in [0.3, 0.4) is 0 Å². The SMILES string of the molecule is CCCn1c(C2NCCOc3nc(=O)[nH]c(N)c32)cc2cccnc21. The Labute approximate surface area is 144 Å². The normalized spacial score (nSPS) is 17.1. The lowest BCUT2D eigenvalue weighted by atomic mass is 10.0. The van der Waals surface area contributed by atoms with Gasteiger partial charge in [0.2, 0.25) is 5.88 Å². The molecule has 0 saturated heterocycles. The number of aryl methyl sites for hydroxylation is 1. The first-order valence-electron chi connectivity index (χ1n) is 8.39. The van der Waals surface area contributed by atoms with Crippen LogP contribution < -0.4 is 21.5 Å². The van der Waals surface area contributed by atoms with Crippen LogP contribution >= 0.6 is 0 Å². The van der Waals surface area contributed by atoms with Gasteiger partial charge >= 0.3 is 5.69 Å². The highest BCUT2D eigenvalue weighted by Gasteiger charge is 2.29. The van der Waals surface area contributed by atoms with Crippen molar-refractivity contribution in [1.82, 2.24) is 24.8 Å². The highest BCUT2D eigenvalue weighted by atomic mass is 16.5. The first kappa shape index (κ1) is 15.6. The van der Waals surface area contributed by atoms with Crippen LogP contribution in [-0.4, -0.2) is 32.7 Å². The van der Waals surface area contributed by atoms with E-state index in [0.717, 1.165) is 29.7 Å². The van der Waals surface area contributed by atoms with E-state index in [1.165, 1.54) is 0 Å². The molecule has 0 amide bonds. The van der Waals surface area contributed by atoms with Gasteiger partial charge in [0.15, 0.2) is 0 Å². The maximum atomic E-state index is 11.7. The second-order valence-corrected chi connectivity index (χ2v) is 6.05. The standard InChI is InChI=1S/C17H20N6O2/c1-2-7-23-11(9-10-4-3-5-20-15(10)23)13-12-14(18)21-17(24)22-16(12)25-8-6-19-13/h3-5,9,13,19H,2,6-8H2,1H3,(H3,18,21,22,24). The van der Waals surface area contributed by atoms with Crippen molar-refractivity contribution in [3.63, 3.8) is 0 Å². The minimum Gasteiger partial charge on any atom is -0.476 e. The van der Waals surface area contributed by atoms with Crippen LogP contribution in [0.2, 0.25) is 0 Å². The quantitative estimate of drug-likeness (QED) is 0.660. The lowest BCUT2D eigenvalue weighted by Crippen LogP contribution is -2.27. The van der Waals surface area contributed by atoms with E-state index < -0.39 is 5.69 Å². The molecule has 8 nitrogen and oxygen atoms in total. The lowest BCUT2D eigenvalue weighted by molar-refractivity contribution is 0.312. The van der Waals surface area contributed by atoms with Crippen LogP contribution in [0.4, 0.5) is 5.82 Å². The molecule has 0 aliphatic carbocycles. The number of rotatable bonds is 3. The first-order valence-corrected chi connectivity index (χ1v) is 8.39. The van der Waals surface area contributed by atoms with Gasteiger partial charge in [-0.15, -0.1) is 0 Å². The number of nitrogen functional groups attached to an aromatic ring is 1. The monoisotopic (exact) mass is 340 g/mol. The third-order valence-corrected chi connectivity index (χ3v) is 4.37. The van der Waals surface area contributed by atoms with Gasteiger partial charge in [-0.1, -0.05) is 6.92 Å². The molecule has 1 atom stereocenters. The third-order valence-electron chi connectivity index (χ3n) is 4.37. The number of anilines is 1. The molecule has 25 heavy (non-hydrogen) atoms. The van der Waals surface area contributed by atoms with Gasteiger partial charge in [-0.05, 0) is 24.6 Å². The van der Waals surface area contributed by atoms with Crippen molar-refractivity contribution in [3.8, 4) is 5.88 Å². The number of aromatic nitrogens is 4. The predicted octanol–water partition coefficient (Wildman–Crippen LogP) is 1.18. The molecule has 3 aromatic rings. The molecular formula is C17H20N6O2. The summed E-state index contributed by atoms with van der Waals surface area (Å²) in [6, 6.07) is 5.84. The highest BCUT2D eigenvalue weighted by Crippen LogP contribution is 2.35. The summed E-state index contributed by atoms with van der Waals surface area (Å²) < 4.78 is 7.82. The fourth-order valence-corrected chi connectivity index (χ4v) is 3.38. The largest absolute Gasteiger partial charge is 0.476 e. The number of nitrogens with one attached hydrogen (secondary N) is 2. The van der Waals surface area contributed by atoms with Gasteiger partial charge in [0, 0.05) is 30.4 Å². The van der Waals surface area contributed by atoms with Gasteiger partial charge < -0.3 is 20.4 Å². The van der Waals surface area contributed by atoms with Crippen molar-refractivity contribution in [2.45, 2.75) is 25.9 Å². The molecule has 4 N–H and O–H groups in total. The van der Waals surface area contributed by atoms with Crippen molar-refractivity contribution >= 4 is 16.9 Å². The summed E-state index contributed by atoms with van der Waals surface area (Å²) in [6.45, 7) is 4.01. The molecule has 0 saturated carbocycles. The number of H-pyrrole nitrogens is 1. The van der Waals surface area contributed by atoms with Gasteiger partial charge in [-0.3, -0.25) is 4.98 Å². The molecule has 130 valence electrons. The topological polar surface area (TPSA) is 111 Å². The molecular weight excluding hydrogens is 320 g/mol. The number of hydrogen-bond acceptors (Lipinski definition) is 6. The molecule has 8 heteroatoms. The Balaban J connectivity index is 1.95. The molecule has 0 aromatic carbocycles. The molecule has 1 unspecified atom stereocenters. The van der Waals surface area contributed by atoms with Crippen LogP contribution in [-0.2, 0) is 6.54 Å². The van der Waals surface area contributed by atoms with Crippen molar-refractivity contribution in [1.29, 1.82) is 0 Å². The Morgan fingerprint density at radius 3 is 3.20 bits per heavy atom. The Kier molecular flexibility index (Phi) is 3.89. The van der Waals surface area contributed by atoms with Crippen molar-refractivity contribution < 1.29 is 4.74 Å². The van der Waals surface area contributed by atoms with E-state index in [2.05, 4.69) is 37.8 Å². The second-order valence-electron chi connectivity index (χ2n) is 6.05. The Bertz CT molecular complexity index is 977. The molecule has 0 bridgehead atoms. The number of ether oxygens (including phenoxy) is 1. The summed E-state index contributed by atoms with van der Waals surface area (Å²) >= 11 is 0. The zero-order chi connectivity index (χ0) is 17.4. The number of fused-ring (bicyclic) bond motifs is 2. The summed E-state index contributed by atoms with van der Waals surface area (Å²) in [5.41, 5.74) is 8.24. The van der Waals surface area contributed by atoms with Crippen LogP contribution in [0.25, 0.3) is 11.0 Å². The summed E-state index contributed by atoms with van der Waals surface area (Å²) in [6.07, 6.45) is 2.77. The smallest absolute Gasteiger partial charge is 0.349 e. The molecule has 1 aliphatic rings. The number of pyridine rings is 1. The van der Waals surface area contributed by atoms with Crippen molar-refractivity contribution in [3.05, 3.63) is 46.1 Å². The van der Waals surface area contributed by atoms with Crippen LogP contribution in [0.5, 0.6) is 5.88 Å². The van der Waals surface area contributed by atoms with E-state index in [-0.39, 0.29) is 17.7 Å². The maximum absolute atomic E-state index is 11.7. The van der Waals surface area contributed by atoms with Crippen molar-refractivity contribution in [2.24, 2.45) is 0 Å². The minimum absolute atomic E-state index is 0.234. The summed E-state index contributed by atoms with van der Waals surface area (Å²) in [7, 11) is 0. The summed E-state index contributed by atoms with van der Waals surface area (Å²) in [4.78, 5) is 22.7. The van der Waals surface area contributed by atoms with E-state index >= 15 is 0 Å². The zero-order valence-corrected chi connectivity index (χ0v) is 14.0. The number of nitrogens with two attached hydrogens (primary N) is 1. The van der Waals surface area contributed by atoms with Crippen LogP contribution in [0.1, 0.15) is 30.6 Å². The van der Waals surface area contributed by atoms with Crippen LogP contribution in [0, 0.1) is 0 Å². The van der Waals surface area contributed by atoms with Gasteiger partial charge in [0.1, 0.15) is 18.1 Å². The van der Waals surface area contributed by atoms with Crippen molar-refractivity contribution in [2.75, 3.05) is 18.9 Å². The molecule has 0 radical (unpaired) electrons. The molecule has 4 rings (SSSR count). The van der Waals surface area contributed by atoms with E-state index in [0.29, 0.717) is 18.7 Å². The van der Waals surface area contributed by atoms with Gasteiger partial charge in [-0.2, -0.15) is 4.98 Å². The molecule has 4 heterocycles. The maximum Gasteiger partial charge on any atom is 0.349 e. The third kappa shape index (κ3) is 2.64. The first-order chi connectivity index (χ1) is 12.2. The number of nitrogens with zero attached hydrogens (tertiary/aromatic N) is 3. The average Bonchev–Trinajstić information content (AvgIpc) is 2.80. The molecule has 1 aliphatic heterocycles. The van der Waals surface area contributed by atoms with E-state index in [1.807, 2.05) is 12.1 Å². The fourth-order valence-electron chi connectivity index (χ4n) is 3.38. The average molecular weight is 340 g/mol. The molecule has 0 spiro atoms. The van der Waals surface area contributed by atoms with E-state index in [9.17, 15) is 4.79 Å². The summed E-state index contributed by atoms with van der Waals surface area (Å²) in [5, 5.41) is 4.52. The second kappa shape index (κ2) is 6.21. The lowest BCUT2D eigenvalue weighted by Gasteiger charge is -2.20.